The minimum Gasteiger partial charge on any atom is -0.316 e. The van der Waals surface area contributed by atoms with Crippen molar-refractivity contribution in [3.05, 3.63) is 16.0 Å². The van der Waals surface area contributed by atoms with Crippen molar-refractivity contribution in [2.24, 2.45) is 5.92 Å². The fraction of sp³-hybridized carbons (Fsp3) is 0.769. The third-order valence-electron chi connectivity index (χ3n) is 2.65. The molecule has 0 spiro atoms. The maximum absolute atomic E-state index is 4.28. The number of rotatable bonds is 9. The number of nitrogens with one attached hydrogen (secondary N) is 1. The summed E-state index contributed by atoms with van der Waals surface area (Å²) < 4.78 is 3.26. The van der Waals surface area contributed by atoms with E-state index in [-0.39, 0.29) is 0 Å². The van der Waals surface area contributed by atoms with Gasteiger partial charge in [0.1, 0.15) is 0 Å². The summed E-state index contributed by atoms with van der Waals surface area (Å²) in [6.45, 7) is 7.86. The molecule has 98 valence electrons. The first kappa shape index (κ1) is 15.0. The van der Waals surface area contributed by atoms with Crippen LogP contribution in [0, 0.1) is 9.49 Å². The molecule has 3 nitrogen and oxygen atoms in total. The summed E-state index contributed by atoms with van der Waals surface area (Å²) in [6, 6.07) is 0. The zero-order chi connectivity index (χ0) is 12.5. The zero-order valence-electron chi connectivity index (χ0n) is 11.0. The van der Waals surface area contributed by atoms with Crippen LogP contribution in [-0.4, -0.2) is 22.9 Å². The summed E-state index contributed by atoms with van der Waals surface area (Å²) in [4.78, 5) is 0. The summed E-state index contributed by atoms with van der Waals surface area (Å²) in [7, 11) is 0. The SMILES string of the molecule is CC(C)CNCCCCCCn1cc(I)cn1. The second-order valence-electron chi connectivity index (χ2n) is 4.93. The number of aryl methyl sites for hydroxylation is 1. The van der Waals surface area contributed by atoms with E-state index in [1.165, 1.54) is 29.3 Å². The molecule has 0 unspecified atom stereocenters. The third kappa shape index (κ3) is 7.76. The molecule has 0 fully saturated rings. The van der Waals surface area contributed by atoms with Crippen LogP contribution in [-0.2, 0) is 6.54 Å². The molecule has 0 aromatic carbocycles. The van der Waals surface area contributed by atoms with E-state index in [1.807, 2.05) is 10.9 Å². The Morgan fingerprint density at radius 3 is 2.71 bits per heavy atom. The first-order valence-corrected chi connectivity index (χ1v) is 7.65. The van der Waals surface area contributed by atoms with E-state index in [0.717, 1.165) is 25.6 Å². The van der Waals surface area contributed by atoms with Crippen LogP contribution in [0.15, 0.2) is 12.4 Å². The Hall–Kier alpha value is -0.100. The Bertz CT molecular complexity index is 297. The number of nitrogens with zero attached hydrogens (tertiary/aromatic N) is 2. The Morgan fingerprint density at radius 1 is 1.29 bits per heavy atom. The van der Waals surface area contributed by atoms with Crippen molar-refractivity contribution in [2.45, 2.75) is 46.1 Å². The normalized spacial score (nSPS) is 11.3. The molecule has 17 heavy (non-hydrogen) atoms. The Balaban J connectivity index is 1.88. The van der Waals surface area contributed by atoms with Gasteiger partial charge in [0.15, 0.2) is 0 Å². The van der Waals surface area contributed by atoms with Gasteiger partial charge in [-0.2, -0.15) is 5.10 Å². The first-order chi connectivity index (χ1) is 8.18. The molecule has 0 amide bonds. The fourth-order valence-corrected chi connectivity index (χ4v) is 2.17. The number of aromatic nitrogens is 2. The van der Waals surface area contributed by atoms with Gasteiger partial charge in [0.25, 0.3) is 0 Å². The molecule has 0 saturated carbocycles. The minimum absolute atomic E-state index is 0.761. The smallest absolute Gasteiger partial charge is 0.0623 e. The standard InChI is InChI=1S/C13H24IN3/c1-12(2)9-15-7-5-3-4-6-8-17-11-13(14)10-16-17/h10-12,15H,3-9H2,1-2H3. The molecule has 1 aromatic rings. The van der Waals surface area contributed by atoms with E-state index in [2.05, 4.69) is 53.1 Å². The van der Waals surface area contributed by atoms with Crippen molar-refractivity contribution in [3.63, 3.8) is 0 Å². The maximum atomic E-state index is 4.28. The van der Waals surface area contributed by atoms with Crippen LogP contribution in [0.2, 0.25) is 0 Å². The van der Waals surface area contributed by atoms with Crippen LogP contribution in [0.4, 0.5) is 0 Å². The molecular weight excluding hydrogens is 325 g/mol. The molecule has 1 aromatic heterocycles. The van der Waals surface area contributed by atoms with E-state index < -0.39 is 0 Å². The topological polar surface area (TPSA) is 29.9 Å². The molecule has 0 bridgehead atoms. The highest BCUT2D eigenvalue weighted by molar-refractivity contribution is 14.1. The van der Waals surface area contributed by atoms with E-state index >= 15 is 0 Å². The quantitative estimate of drug-likeness (QED) is 0.548. The number of hydrogen-bond acceptors (Lipinski definition) is 2. The van der Waals surface area contributed by atoms with Crippen LogP contribution < -0.4 is 5.32 Å². The van der Waals surface area contributed by atoms with E-state index in [9.17, 15) is 0 Å². The van der Waals surface area contributed by atoms with Gasteiger partial charge in [-0.25, -0.2) is 0 Å². The summed E-state index contributed by atoms with van der Waals surface area (Å²) in [5, 5.41) is 7.76. The monoisotopic (exact) mass is 349 g/mol. The van der Waals surface area contributed by atoms with Gasteiger partial charge in [0.05, 0.1) is 9.77 Å². The molecule has 4 heteroatoms. The lowest BCUT2D eigenvalue weighted by atomic mass is 10.2. The Labute approximate surface area is 118 Å². The second-order valence-corrected chi connectivity index (χ2v) is 6.18. The highest BCUT2D eigenvalue weighted by Gasteiger charge is 1.96. The van der Waals surface area contributed by atoms with Crippen LogP contribution in [0.3, 0.4) is 0 Å². The molecule has 0 aliphatic rings. The van der Waals surface area contributed by atoms with Gasteiger partial charge in [-0.1, -0.05) is 26.7 Å². The zero-order valence-corrected chi connectivity index (χ0v) is 13.1. The maximum Gasteiger partial charge on any atom is 0.0623 e. The Kier molecular flexibility index (Phi) is 7.84. The molecule has 0 atom stereocenters. The van der Waals surface area contributed by atoms with E-state index in [4.69, 9.17) is 0 Å². The number of unbranched alkanes of at least 4 members (excludes halogenated alkanes) is 3. The predicted octanol–water partition coefficient (Wildman–Crippen LogP) is 3.29. The van der Waals surface area contributed by atoms with Crippen molar-refractivity contribution in [1.29, 1.82) is 0 Å². The van der Waals surface area contributed by atoms with E-state index in [1.54, 1.807) is 0 Å². The summed E-state index contributed by atoms with van der Waals surface area (Å²) in [5.74, 6) is 0.761. The summed E-state index contributed by atoms with van der Waals surface area (Å²) >= 11 is 2.30. The number of halogens is 1. The summed E-state index contributed by atoms with van der Waals surface area (Å²) in [6.07, 6.45) is 9.18. The molecule has 1 rings (SSSR count). The van der Waals surface area contributed by atoms with Gasteiger partial charge in [-0.15, -0.1) is 0 Å². The lowest BCUT2D eigenvalue weighted by Gasteiger charge is -2.07. The van der Waals surface area contributed by atoms with Crippen molar-refractivity contribution >= 4 is 22.6 Å². The van der Waals surface area contributed by atoms with Gasteiger partial charge in [0.2, 0.25) is 0 Å². The molecule has 0 saturated heterocycles. The fourth-order valence-electron chi connectivity index (χ4n) is 1.73. The molecule has 0 radical (unpaired) electrons. The average Bonchev–Trinajstić information content (AvgIpc) is 2.68. The Morgan fingerprint density at radius 2 is 2.06 bits per heavy atom. The second kappa shape index (κ2) is 8.91. The third-order valence-corrected chi connectivity index (χ3v) is 3.20. The highest BCUT2D eigenvalue weighted by Crippen LogP contribution is 2.05. The van der Waals surface area contributed by atoms with Crippen molar-refractivity contribution < 1.29 is 0 Å². The van der Waals surface area contributed by atoms with Crippen LogP contribution in [0.25, 0.3) is 0 Å². The average molecular weight is 349 g/mol. The molecule has 1 N–H and O–H groups in total. The lowest BCUT2D eigenvalue weighted by Crippen LogP contribution is -2.20. The molecule has 1 heterocycles. The van der Waals surface area contributed by atoms with Gasteiger partial charge in [-0.3, -0.25) is 4.68 Å². The van der Waals surface area contributed by atoms with Crippen LogP contribution in [0.1, 0.15) is 39.5 Å². The van der Waals surface area contributed by atoms with Crippen LogP contribution in [0.5, 0.6) is 0 Å². The molecule has 0 aliphatic carbocycles. The largest absolute Gasteiger partial charge is 0.316 e. The minimum atomic E-state index is 0.761. The van der Waals surface area contributed by atoms with Gasteiger partial charge < -0.3 is 5.32 Å². The van der Waals surface area contributed by atoms with Gasteiger partial charge in [0, 0.05) is 12.7 Å². The van der Waals surface area contributed by atoms with Crippen molar-refractivity contribution in [2.75, 3.05) is 13.1 Å². The number of hydrogen-bond donors (Lipinski definition) is 1. The molecule has 0 aliphatic heterocycles. The molecular formula is C13H24IN3. The van der Waals surface area contributed by atoms with Crippen molar-refractivity contribution in [3.8, 4) is 0 Å². The van der Waals surface area contributed by atoms with Crippen molar-refractivity contribution in [1.82, 2.24) is 15.1 Å². The summed E-state index contributed by atoms with van der Waals surface area (Å²) in [5.41, 5.74) is 0. The highest BCUT2D eigenvalue weighted by atomic mass is 127. The predicted molar refractivity (Wildman–Crippen MR) is 81.1 cm³/mol. The van der Waals surface area contributed by atoms with E-state index in [0.29, 0.717) is 0 Å². The van der Waals surface area contributed by atoms with Gasteiger partial charge in [-0.05, 0) is 54.4 Å². The first-order valence-electron chi connectivity index (χ1n) is 6.57. The van der Waals surface area contributed by atoms with Crippen LogP contribution >= 0.6 is 22.6 Å². The lowest BCUT2D eigenvalue weighted by molar-refractivity contribution is 0.505. The van der Waals surface area contributed by atoms with Gasteiger partial charge >= 0.3 is 0 Å².